The van der Waals surface area contributed by atoms with Gasteiger partial charge in [0.1, 0.15) is 0 Å². The number of hydrogen-bond acceptors (Lipinski definition) is 3. The second-order valence-corrected chi connectivity index (χ2v) is 3.24. The Morgan fingerprint density at radius 3 is 2.77 bits per heavy atom. The molecular formula is C10H16N2O. The lowest BCUT2D eigenvalue weighted by Gasteiger charge is -2.13. The molecule has 1 aromatic heterocycles. The summed E-state index contributed by atoms with van der Waals surface area (Å²) in [6, 6.07) is 5.59. The SMILES string of the molecule is CC(C)OCC(N)c1ccccn1. The summed E-state index contributed by atoms with van der Waals surface area (Å²) in [4.78, 5) is 4.15. The Morgan fingerprint density at radius 2 is 2.23 bits per heavy atom. The van der Waals surface area contributed by atoms with Crippen LogP contribution >= 0.6 is 0 Å². The molecule has 0 saturated heterocycles. The third-order valence-electron chi connectivity index (χ3n) is 1.68. The van der Waals surface area contributed by atoms with Crippen LogP contribution in [0.25, 0.3) is 0 Å². The molecule has 0 saturated carbocycles. The number of nitrogens with zero attached hydrogens (tertiary/aromatic N) is 1. The van der Waals surface area contributed by atoms with Gasteiger partial charge in [0, 0.05) is 6.20 Å². The summed E-state index contributed by atoms with van der Waals surface area (Å²) in [5.74, 6) is 0. The van der Waals surface area contributed by atoms with Gasteiger partial charge in [0.15, 0.2) is 0 Å². The van der Waals surface area contributed by atoms with Gasteiger partial charge in [-0.1, -0.05) is 6.07 Å². The molecule has 2 N–H and O–H groups in total. The van der Waals surface area contributed by atoms with Crippen molar-refractivity contribution in [2.24, 2.45) is 5.73 Å². The molecule has 1 heterocycles. The Labute approximate surface area is 78.9 Å². The summed E-state index contributed by atoms with van der Waals surface area (Å²) >= 11 is 0. The van der Waals surface area contributed by atoms with E-state index in [1.807, 2.05) is 32.0 Å². The minimum Gasteiger partial charge on any atom is -0.377 e. The number of ether oxygens (including phenoxy) is 1. The highest BCUT2D eigenvalue weighted by atomic mass is 16.5. The predicted molar refractivity (Wildman–Crippen MR) is 52.3 cm³/mol. The summed E-state index contributed by atoms with van der Waals surface area (Å²) < 4.78 is 5.39. The number of pyridine rings is 1. The van der Waals surface area contributed by atoms with Gasteiger partial charge in [0.25, 0.3) is 0 Å². The Morgan fingerprint density at radius 1 is 1.46 bits per heavy atom. The summed E-state index contributed by atoms with van der Waals surface area (Å²) in [6.07, 6.45) is 1.96. The van der Waals surface area contributed by atoms with Crippen molar-refractivity contribution in [1.29, 1.82) is 0 Å². The molecule has 0 aromatic carbocycles. The van der Waals surface area contributed by atoms with Crippen LogP contribution in [-0.4, -0.2) is 17.7 Å². The van der Waals surface area contributed by atoms with E-state index in [9.17, 15) is 0 Å². The predicted octanol–water partition coefficient (Wildman–Crippen LogP) is 1.51. The maximum atomic E-state index is 5.86. The zero-order valence-electron chi connectivity index (χ0n) is 8.10. The Kier molecular flexibility index (Phi) is 3.86. The maximum absolute atomic E-state index is 5.86. The lowest BCUT2D eigenvalue weighted by atomic mass is 10.2. The first kappa shape index (κ1) is 10.2. The van der Waals surface area contributed by atoms with Gasteiger partial charge >= 0.3 is 0 Å². The molecule has 3 heteroatoms. The second-order valence-electron chi connectivity index (χ2n) is 3.24. The molecule has 13 heavy (non-hydrogen) atoms. The van der Waals surface area contributed by atoms with E-state index in [1.54, 1.807) is 6.20 Å². The molecule has 0 aliphatic carbocycles. The van der Waals surface area contributed by atoms with E-state index < -0.39 is 0 Å². The van der Waals surface area contributed by atoms with Crippen molar-refractivity contribution in [3.63, 3.8) is 0 Å². The summed E-state index contributed by atoms with van der Waals surface area (Å²) in [5.41, 5.74) is 6.73. The standard InChI is InChI=1S/C10H16N2O/c1-8(2)13-7-9(11)10-5-3-4-6-12-10/h3-6,8-9H,7,11H2,1-2H3. The normalized spacial score (nSPS) is 13.2. The molecule has 0 spiro atoms. The highest BCUT2D eigenvalue weighted by molar-refractivity contribution is 5.07. The lowest BCUT2D eigenvalue weighted by Crippen LogP contribution is -2.20. The van der Waals surface area contributed by atoms with Gasteiger partial charge in [-0.25, -0.2) is 0 Å². The van der Waals surface area contributed by atoms with E-state index in [1.165, 1.54) is 0 Å². The smallest absolute Gasteiger partial charge is 0.0707 e. The van der Waals surface area contributed by atoms with Gasteiger partial charge in [-0.05, 0) is 26.0 Å². The van der Waals surface area contributed by atoms with Crippen LogP contribution in [0.5, 0.6) is 0 Å². The van der Waals surface area contributed by atoms with E-state index in [0.717, 1.165) is 5.69 Å². The molecule has 0 aliphatic rings. The van der Waals surface area contributed by atoms with Gasteiger partial charge in [-0.3, -0.25) is 4.98 Å². The first-order chi connectivity index (χ1) is 6.20. The molecule has 1 atom stereocenters. The van der Waals surface area contributed by atoms with Crippen LogP contribution in [0.1, 0.15) is 25.6 Å². The highest BCUT2D eigenvalue weighted by Gasteiger charge is 2.07. The molecule has 0 aliphatic heterocycles. The maximum Gasteiger partial charge on any atom is 0.0707 e. The van der Waals surface area contributed by atoms with Gasteiger partial charge in [-0.2, -0.15) is 0 Å². The minimum atomic E-state index is -0.122. The van der Waals surface area contributed by atoms with Gasteiger partial charge in [-0.15, -0.1) is 0 Å². The fourth-order valence-corrected chi connectivity index (χ4v) is 0.977. The molecule has 72 valence electrons. The van der Waals surface area contributed by atoms with Crippen molar-refractivity contribution >= 4 is 0 Å². The van der Waals surface area contributed by atoms with Crippen LogP contribution in [-0.2, 0) is 4.74 Å². The fraction of sp³-hybridized carbons (Fsp3) is 0.500. The first-order valence-electron chi connectivity index (χ1n) is 4.48. The number of rotatable bonds is 4. The Balaban J connectivity index is 2.44. The van der Waals surface area contributed by atoms with E-state index in [0.29, 0.717) is 6.61 Å². The average Bonchev–Trinajstić information content (AvgIpc) is 2.15. The molecule has 3 nitrogen and oxygen atoms in total. The molecule has 0 fully saturated rings. The minimum absolute atomic E-state index is 0.122. The molecule has 1 unspecified atom stereocenters. The largest absolute Gasteiger partial charge is 0.377 e. The molecule has 0 bridgehead atoms. The number of aromatic nitrogens is 1. The zero-order valence-corrected chi connectivity index (χ0v) is 8.10. The van der Waals surface area contributed by atoms with Crippen molar-refractivity contribution in [1.82, 2.24) is 4.98 Å². The van der Waals surface area contributed by atoms with Crippen LogP contribution in [0, 0.1) is 0 Å². The monoisotopic (exact) mass is 180 g/mol. The molecule has 1 rings (SSSR count). The average molecular weight is 180 g/mol. The summed E-state index contributed by atoms with van der Waals surface area (Å²) in [5, 5.41) is 0. The van der Waals surface area contributed by atoms with E-state index in [2.05, 4.69) is 4.98 Å². The van der Waals surface area contributed by atoms with Gasteiger partial charge in [0.05, 0.1) is 24.4 Å². The van der Waals surface area contributed by atoms with Crippen LogP contribution in [0.15, 0.2) is 24.4 Å². The number of hydrogen-bond donors (Lipinski definition) is 1. The Bertz CT molecular complexity index is 236. The molecule has 0 amide bonds. The van der Waals surface area contributed by atoms with Crippen LogP contribution in [0.4, 0.5) is 0 Å². The topological polar surface area (TPSA) is 48.1 Å². The number of nitrogens with two attached hydrogens (primary N) is 1. The van der Waals surface area contributed by atoms with E-state index >= 15 is 0 Å². The van der Waals surface area contributed by atoms with Crippen molar-refractivity contribution in [3.8, 4) is 0 Å². The third-order valence-corrected chi connectivity index (χ3v) is 1.68. The first-order valence-corrected chi connectivity index (χ1v) is 4.48. The Hall–Kier alpha value is -0.930. The third kappa shape index (κ3) is 3.53. The van der Waals surface area contributed by atoms with Crippen LogP contribution < -0.4 is 5.73 Å². The van der Waals surface area contributed by atoms with E-state index in [4.69, 9.17) is 10.5 Å². The zero-order chi connectivity index (χ0) is 9.68. The van der Waals surface area contributed by atoms with Gasteiger partial charge in [0.2, 0.25) is 0 Å². The summed E-state index contributed by atoms with van der Waals surface area (Å²) in [6.45, 7) is 4.50. The highest BCUT2D eigenvalue weighted by Crippen LogP contribution is 2.06. The van der Waals surface area contributed by atoms with Crippen LogP contribution in [0.3, 0.4) is 0 Å². The van der Waals surface area contributed by atoms with Crippen molar-refractivity contribution in [2.75, 3.05) is 6.61 Å². The quantitative estimate of drug-likeness (QED) is 0.764. The second kappa shape index (κ2) is 4.94. The molecule has 0 radical (unpaired) electrons. The van der Waals surface area contributed by atoms with Crippen LogP contribution in [0.2, 0.25) is 0 Å². The van der Waals surface area contributed by atoms with Gasteiger partial charge < -0.3 is 10.5 Å². The molecular weight excluding hydrogens is 164 g/mol. The van der Waals surface area contributed by atoms with Crippen molar-refractivity contribution < 1.29 is 4.74 Å². The summed E-state index contributed by atoms with van der Waals surface area (Å²) in [7, 11) is 0. The molecule has 1 aromatic rings. The van der Waals surface area contributed by atoms with Crippen molar-refractivity contribution in [2.45, 2.75) is 26.0 Å². The lowest BCUT2D eigenvalue weighted by molar-refractivity contribution is 0.0676. The van der Waals surface area contributed by atoms with E-state index in [-0.39, 0.29) is 12.1 Å². The van der Waals surface area contributed by atoms with Crippen molar-refractivity contribution in [3.05, 3.63) is 30.1 Å². The fourth-order valence-electron chi connectivity index (χ4n) is 0.977.